The molecule has 2 aliphatic rings. The highest BCUT2D eigenvalue weighted by Crippen LogP contribution is 2.49. The summed E-state index contributed by atoms with van der Waals surface area (Å²) >= 11 is 0. The smallest absolute Gasteiger partial charge is 0.202 e. The molecule has 3 aromatic rings. The lowest BCUT2D eigenvalue weighted by molar-refractivity contribution is 0.434. The van der Waals surface area contributed by atoms with Crippen LogP contribution in [0.15, 0.2) is 59.0 Å². The van der Waals surface area contributed by atoms with Crippen LogP contribution in [0.5, 0.6) is 0 Å². The second-order valence-corrected chi connectivity index (χ2v) is 7.01. The summed E-state index contributed by atoms with van der Waals surface area (Å²) in [5.41, 5.74) is 3.46. The van der Waals surface area contributed by atoms with E-state index >= 15 is 0 Å². The van der Waals surface area contributed by atoms with Crippen molar-refractivity contribution in [3.63, 3.8) is 0 Å². The Balaban J connectivity index is 1.28. The fraction of sp³-hybridized carbons (Fsp3) is 0.350. The minimum absolute atomic E-state index is 0.128. The van der Waals surface area contributed by atoms with E-state index in [1.165, 1.54) is 24.8 Å². The number of aromatic nitrogens is 1. The molecule has 1 aromatic heterocycles. The molecule has 2 aromatic carbocycles. The second kappa shape index (κ2) is 4.93. The van der Waals surface area contributed by atoms with Crippen LogP contribution in [0.25, 0.3) is 11.1 Å². The molecule has 23 heavy (non-hydrogen) atoms. The van der Waals surface area contributed by atoms with Crippen molar-refractivity contribution in [2.75, 3.05) is 6.54 Å². The molecule has 0 aliphatic heterocycles. The van der Waals surface area contributed by atoms with Gasteiger partial charge in [0, 0.05) is 18.5 Å². The summed E-state index contributed by atoms with van der Waals surface area (Å²) in [6.45, 7) is 0.980. The lowest BCUT2D eigenvalue weighted by Gasteiger charge is -2.12. The number of rotatable bonds is 5. The van der Waals surface area contributed by atoms with Crippen LogP contribution < -0.4 is 5.32 Å². The second-order valence-electron chi connectivity index (χ2n) is 7.01. The van der Waals surface area contributed by atoms with E-state index in [2.05, 4.69) is 35.6 Å². The Kier molecular flexibility index (Phi) is 2.86. The van der Waals surface area contributed by atoms with Crippen LogP contribution >= 0.6 is 0 Å². The van der Waals surface area contributed by atoms with Crippen LogP contribution in [0.4, 0.5) is 0 Å². The summed E-state index contributed by atoms with van der Waals surface area (Å²) in [6.07, 6.45) is 3.60. The standard InChI is InChI=1S/C20H20N2O/c1-2-6-14(7-3-1)15-12-17(15)21-13-20(10-11-20)19-22-16-8-4-5-9-18(16)23-19/h1-9,15,17,21H,10-13H2. The normalized spacial score (nSPS) is 24.7. The first-order valence-electron chi connectivity index (χ1n) is 8.48. The van der Waals surface area contributed by atoms with Gasteiger partial charge in [0.05, 0.1) is 5.41 Å². The quantitative estimate of drug-likeness (QED) is 0.774. The predicted molar refractivity (Wildman–Crippen MR) is 90.5 cm³/mol. The molecular weight excluding hydrogens is 284 g/mol. The van der Waals surface area contributed by atoms with Crippen molar-refractivity contribution in [1.29, 1.82) is 0 Å². The molecule has 116 valence electrons. The maximum absolute atomic E-state index is 6.01. The fourth-order valence-electron chi connectivity index (χ4n) is 3.53. The number of hydrogen-bond donors (Lipinski definition) is 1. The molecule has 3 heteroatoms. The molecule has 2 aliphatic carbocycles. The van der Waals surface area contributed by atoms with E-state index in [1.807, 2.05) is 24.3 Å². The molecule has 1 N–H and O–H groups in total. The summed E-state index contributed by atoms with van der Waals surface area (Å²) in [5, 5.41) is 3.75. The minimum atomic E-state index is 0.128. The molecule has 2 fully saturated rings. The topological polar surface area (TPSA) is 38.1 Å². The maximum Gasteiger partial charge on any atom is 0.202 e. The first kappa shape index (κ1) is 13.3. The summed E-state index contributed by atoms with van der Waals surface area (Å²) < 4.78 is 6.01. The highest BCUT2D eigenvalue weighted by atomic mass is 16.3. The largest absolute Gasteiger partial charge is 0.440 e. The number of nitrogens with one attached hydrogen (secondary N) is 1. The van der Waals surface area contributed by atoms with E-state index < -0.39 is 0 Å². The first-order chi connectivity index (χ1) is 11.3. The predicted octanol–water partition coefficient (Wildman–Crippen LogP) is 4.01. The van der Waals surface area contributed by atoms with Crippen molar-refractivity contribution in [2.24, 2.45) is 0 Å². The van der Waals surface area contributed by atoms with Gasteiger partial charge in [0.25, 0.3) is 0 Å². The number of para-hydroxylation sites is 2. The van der Waals surface area contributed by atoms with Gasteiger partial charge in [0.2, 0.25) is 5.89 Å². The third-order valence-electron chi connectivity index (χ3n) is 5.32. The van der Waals surface area contributed by atoms with Gasteiger partial charge in [0.15, 0.2) is 5.58 Å². The molecule has 5 rings (SSSR count). The number of oxazole rings is 1. The first-order valence-corrected chi connectivity index (χ1v) is 8.48. The highest BCUT2D eigenvalue weighted by molar-refractivity contribution is 5.72. The van der Waals surface area contributed by atoms with Gasteiger partial charge in [-0.15, -0.1) is 0 Å². The summed E-state index contributed by atoms with van der Waals surface area (Å²) in [5.74, 6) is 1.60. The van der Waals surface area contributed by atoms with E-state index in [9.17, 15) is 0 Å². The SMILES string of the molecule is c1ccc(C2CC2NCC2(c3nc4ccccc4o3)CC2)cc1. The highest BCUT2D eigenvalue weighted by Gasteiger charge is 2.50. The Morgan fingerprint density at radius 1 is 1.04 bits per heavy atom. The van der Waals surface area contributed by atoms with Gasteiger partial charge < -0.3 is 9.73 Å². The van der Waals surface area contributed by atoms with Crippen molar-refractivity contribution in [3.05, 3.63) is 66.1 Å². The van der Waals surface area contributed by atoms with E-state index in [-0.39, 0.29) is 5.41 Å². The Hall–Kier alpha value is -2.13. The van der Waals surface area contributed by atoms with Crippen molar-refractivity contribution in [1.82, 2.24) is 10.3 Å². The van der Waals surface area contributed by atoms with Crippen molar-refractivity contribution < 1.29 is 4.42 Å². The molecule has 1 heterocycles. The van der Waals surface area contributed by atoms with Crippen LogP contribution in [0.1, 0.15) is 36.6 Å². The summed E-state index contributed by atoms with van der Waals surface area (Å²) in [7, 11) is 0. The number of nitrogens with zero attached hydrogens (tertiary/aromatic N) is 1. The van der Waals surface area contributed by atoms with Crippen LogP contribution in [0.3, 0.4) is 0 Å². The third kappa shape index (κ3) is 2.36. The Bertz CT molecular complexity index is 802. The Morgan fingerprint density at radius 2 is 1.83 bits per heavy atom. The van der Waals surface area contributed by atoms with Crippen LogP contribution in [0, 0.1) is 0 Å². The molecule has 3 nitrogen and oxygen atoms in total. The summed E-state index contributed by atoms with van der Waals surface area (Å²) in [6, 6.07) is 19.5. The van der Waals surface area contributed by atoms with Gasteiger partial charge in [-0.05, 0) is 37.0 Å². The molecule has 2 atom stereocenters. The average Bonchev–Trinajstić information content (AvgIpc) is 3.50. The van der Waals surface area contributed by atoms with Crippen molar-refractivity contribution in [2.45, 2.75) is 36.6 Å². The molecule has 0 radical (unpaired) electrons. The van der Waals surface area contributed by atoms with Crippen molar-refractivity contribution in [3.8, 4) is 0 Å². The molecule has 0 saturated heterocycles. The molecule has 2 unspecified atom stereocenters. The zero-order chi connectivity index (χ0) is 15.3. The number of hydrogen-bond acceptors (Lipinski definition) is 3. The lowest BCUT2D eigenvalue weighted by Crippen LogP contribution is -2.29. The van der Waals surface area contributed by atoms with Gasteiger partial charge in [-0.25, -0.2) is 4.98 Å². The Labute approximate surface area is 135 Å². The van der Waals surface area contributed by atoms with Crippen LogP contribution in [-0.4, -0.2) is 17.6 Å². The monoisotopic (exact) mass is 304 g/mol. The zero-order valence-electron chi connectivity index (χ0n) is 13.0. The van der Waals surface area contributed by atoms with Crippen LogP contribution in [0.2, 0.25) is 0 Å². The van der Waals surface area contributed by atoms with Gasteiger partial charge in [-0.2, -0.15) is 0 Å². The molecule has 0 spiro atoms. The van der Waals surface area contributed by atoms with E-state index in [0.717, 1.165) is 23.5 Å². The van der Waals surface area contributed by atoms with E-state index in [0.29, 0.717) is 12.0 Å². The Morgan fingerprint density at radius 3 is 2.61 bits per heavy atom. The summed E-state index contributed by atoms with van der Waals surface area (Å²) in [4.78, 5) is 4.72. The molecule has 2 saturated carbocycles. The molecular formula is C20H20N2O. The van der Waals surface area contributed by atoms with Gasteiger partial charge >= 0.3 is 0 Å². The average molecular weight is 304 g/mol. The van der Waals surface area contributed by atoms with E-state index in [1.54, 1.807) is 0 Å². The molecule has 0 amide bonds. The zero-order valence-corrected chi connectivity index (χ0v) is 13.0. The van der Waals surface area contributed by atoms with Crippen molar-refractivity contribution >= 4 is 11.1 Å². The van der Waals surface area contributed by atoms with Crippen LogP contribution in [-0.2, 0) is 5.41 Å². The van der Waals surface area contributed by atoms with E-state index in [4.69, 9.17) is 9.40 Å². The minimum Gasteiger partial charge on any atom is -0.440 e. The fourth-order valence-corrected chi connectivity index (χ4v) is 3.53. The lowest BCUT2D eigenvalue weighted by atomic mass is 10.1. The maximum atomic E-state index is 6.01. The van der Waals surface area contributed by atoms with Gasteiger partial charge in [-0.3, -0.25) is 0 Å². The van der Waals surface area contributed by atoms with Gasteiger partial charge in [0.1, 0.15) is 5.52 Å². The number of fused-ring (bicyclic) bond motifs is 1. The number of benzene rings is 2. The third-order valence-corrected chi connectivity index (χ3v) is 5.32. The van der Waals surface area contributed by atoms with Gasteiger partial charge in [-0.1, -0.05) is 42.5 Å². The molecule has 0 bridgehead atoms.